The van der Waals surface area contributed by atoms with E-state index in [1.165, 1.54) is 43.3 Å². The van der Waals surface area contributed by atoms with E-state index in [1.807, 2.05) is 0 Å². The maximum atomic E-state index is 12.8. The fourth-order valence-electron chi connectivity index (χ4n) is 2.17. The van der Waals surface area contributed by atoms with E-state index in [0.29, 0.717) is 17.0 Å². The number of carbonyl (C=O) groups is 3. The number of benzene rings is 2. The van der Waals surface area contributed by atoms with Crippen LogP contribution >= 0.6 is 0 Å². The molecule has 8 heteroatoms. The Kier molecular flexibility index (Phi) is 6.87. The molecule has 0 aliphatic heterocycles. The fraction of sp³-hybridized carbons (Fsp3) is 0.211. The first-order valence-electron chi connectivity index (χ1n) is 8.10. The van der Waals surface area contributed by atoms with Gasteiger partial charge in [-0.3, -0.25) is 14.4 Å². The van der Waals surface area contributed by atoms with Crippen molar-refractivity contribution in [1.29, 1.82) is 0 Å². The van der Waals surface area contributed by atoms with Crippen molar-refractivity contribution in [2.45, 2.75) is 0 Å². The van der Waals surface area contributed by atoms with Gasteiger partial charge >= 0.3 is 0 Å². The molecule has 0 heterocycles. The van der Waals surface area contributed by atoms with Crippen molar-refractivity contribution in [3.05, 3.63) is 59.9 Å². The zero-order valence-corrected chi connectivity index (χ0v) is 15.0. The van der Waals surface area contributed by atoms with Crippen LogP contribution in [0.3, 0.4) is 0 Å². The number of likely N-dealkylation sites (N-methyl/N-ethyl adjacent to an activating group) is 1. The Morgan fingerprint density at radius 2 is 1.67 bits per heavy atom. The largest absolute Gasteiger partial charge is 0.497 e. The number of rotatable bonds is 7. The van der Waals surface area contributed by atoms with Crippen molar-refractivity contribution in [1.82, 2.24) is 10.2 Å². The van der Waals surface area contributed by atoms with Crippen LogP contribution in [0.2, 0.25) is 0 Å². The summed E-state index contributed by atoms with van der Waals surface area (Å²) in [5, 5.41) is 5.06. The highest BCUT2D eigenvalue weighted by atomic mass is 19.1. The Hall–Kier alpha value is -3.42. The molecule has 27 heavy (non-hydrogen) atoms. The number of nitrogens with zero attached hydrogens (tertiary/aromatic N) is 1. The molecule has 7 nitrogen and oxygen atoms in total. The number of anilines is 1. The monoisotopic (exact) mass is 373 g/mol. The Balaban J connectivity index is 1.79. The number of hydrogen-bond acceptors (Lipinski definition) is 4. The Bertz CT molecular complexity index is 807. The minimum atomic E-state index is -0.432. The highest BCUT2D eigenvalue weighted by molar-refractivity contribution is 5.98. The van der Waals surface area contributed by atoms with Crippen LogP contribution in [0.5, 0.6) is 5.75 Å². The number of halogens is 1. The highest BCUT2D eigenvalue weighted by Gasteiger charge is 2.15. The van der Waals surface area contributed by atoms with Crippen LogP contribution in [-0.4, -0.2) is 49.9 Å². The van der Waals surface area contributed by atoms with E-state index in [0.717, 1.165) is 0 Å². The molecule has 142 valence electrons. The van der Waals surface area contributed by atoms with Crippen LogP contribution in [0.4, 0.5) is 10.1 Å². The first kappa shape index (κ1) is 19.9. The van der Waals surface area contributed by atoms with Crippen LogP contribution in [0.15, 0.2) is 48.5 Å². The SMILES string of the molecule is COc1ccc(C(=O)NCC(=O)N(C)CC(=O)Nc2ccc(F)cc2)cc1. The van der Waals surface area contributed by atoms with Gasteiger partial charge in [0, 0.05) is 18.3 Å². The van der Waals surface area contributed by atoms with Crippen LogP contribution < -0.4 is 15.4 Å². The molecule has 0 fully saturated rings. The molecule has 0 spiro atoms. The molecule has 0 saturated heterocycles. The first-order valence-corrected chi connectivity index (χ1v) is 8.10. The lowest BCUT2D eigenvalue weighted by molar-refractivity contribution is -0.132. The number of hydrogen-bond donors (Lipinski definition) is 2. The average molecular weight is 373 g/mol. The van der Waals surface area contributed by atoms with Gasteiger partial charge in [0.05, 0.1) is 20.2 Å². The van der Waals surface area contributed by atoms with Crippen molar-refractivity contribution in [2.24, 2.45) is 0 Å². The third-order valence-corrected chi connectivity index (χ3v) is 3.69. The van der Waals surface area contributed by atoms with E-state index in [1.54, 1.807) is 24.3 Å². The highest BCUT2D eigenvalue weighted by Crippen LogP contribution is 2.11. The average Bonchev–Trinajstić information content (AvgIpc) is 2.67. The zero-order chi connectivity index (χ0) is 19.8. The van der Waals surface area contributed by atoms with Gasteiger partial charge in [-0.05, 0) is 48.5 Å². The van der Waals surface area contributed by atoms with E-state index in [9.17, 15) is 18.8 Å². The van der Waals surface area contributed by atoms with Gasteiger partial charge in [-0.25, -0.2) is 4.39 Å². The van der Waals surface area contributed by atoms with E-state index in [-0.39, 0.29) is 13.1 Å². The quantitative estimate of drug-likeness (QED) is 0.773. The summed E-state index contributed by atoms with van der Waals surface area (Å²) in [4.78, 5) is 37.2. The topological polar surface area (TPSA) is 87.7 Å². The van der Waals surface area contributed by atoms with Gasteiger partial charge in [0.1, 0.15) is 11.6 Å². The Labute approximate surface area is 156 Å². The van der Waals surface area contributed by atoms with Gasteiger partial charge in [0.25, 0.3) is 5.91 Å². The number of nitrogens with one attached hydrogen (secondary N) is 2. The summed E-state index contributed by atoms with van der Waals surface area (Å²) in [6.07, 6.45) is 0. The fourth-order valence-corrected chi connectivity index (χ4v) is 2.17. The van der Waals surface area contributed by atoms with Crippen LogP contribution in [0.1, 0.15) is 10.4 Å². The molecular formula is C19H20FN3O4. The van der Waals surface area contributed by atoms with Gasteiger partial charge in [0.2, 0.25) is 11.8 Å². The van der Waals surface area contributed by atoms with Crippen molar-refractivity contribution in [3.8, 4) is 5.75 Å². The van der Waals surface area contributed by atoms with Gasteiger partial charge < -0.3 is 20.3 Å². The summed E-state index contributed by atoms with van der Waals surface area (Å²) < 4.78 is 17.9. The number of amides is 3. The molecule has 0 aliphatic rings. The lowest BCUT2D eigenvalue weighted by atomic mass is 10.2. The molecular weight excluding hydrogens is 353 g/mol. The second-order valence-electron chi connectivity index (χ2n) is 5.72. The van der Waals surface area contributed by atoms with E-state index in [2.05, 4.69) is 10.6 Å². The lowest BCUT2D eigenvalue weighted by Crippen LogP contribution is -2.41. The maximum Gasteiger partial charge on any atom is 0.251 e. The third-order valence-electron chi connectivity index (χ3n) is 3.69. The molecule has 0 unspecified atom stereocenters. The summed E-state index contributed by atoms with van der Waals surface area (Å²) in [6.45, 7) is -0.445. The summed E-state index contributed by atoms with van der Waals surface area (Å²) >= 11 is 0. The minimum Gasteiger partial charge on any atom is -0.497 e. The Morgan fingerprint density at radius 1 is 1.04 bits per heavy atom. The van der Waals surface area contributed by atoms with Gasteiger partial charge in [-0.15, -0.1) is 0 Å². The Morgan fingerprint density at radius 3 is 2.26 bits per heavy atom. The summed E-state index contributed by atoms with van der Waals surface area (Å²) in [6, 6.07) is 11.7. The molecule has 3 amide bonds. The second-order valence-corrected chi connectivity index (χ2v) is 5.72. The van der Waals surface area contributed by atoms with Gasteiger partial charge in [0.15, 0.2) is 0 Å². The smallest absolute Gasteiger partial charge is 0.251 e. The normalized spacial score (nSPS) is 10.0. The standard InChI is InChI=1S/C19H20FN3O4/c1-23(12-17(24)22-15-7-5-14(20)6-8-15)18(25)11-21-19(26)13-3-9-16(27-2)10-4-13/h3-10H,11-12H2,1-2H3,(H,21,26)(H,22,24). The molecule has 2 aromatic carbocycles. The predicted octanol–water partition coefficient (Wildman–Crippen LogP) is 1.66. The summed E-state index contributed by atoms with van der Waals surface area (Å²) in [5.74, 6) is -1.05. The van der Waals surface area contributed by atoms with Crippen molar-refractivity contribution in [3.63, 3.8) is 0 Å². The van der Waals surface area contributed by atoms with E-state index < -0.39 is 23.5 Å². The van der Waals surface area contributed by atoms with E-state index >= 15 is 0 Å². The van der Waals surface area contributed by atoms with E-state index in [4.69, 9.17) is 4.74 Å². The minimum absolute atomic E-state index is 0.200. The summed E-state index contributed by atoms with van der Waals surface area (Å²) in [7, 11) is 2.97. The maximum absolute atomic E-state index is 12.8. The van der Waals surface area contributed by atoms with Gasteiger partial charge in [-0.2, -0.15) is 0 Å². The first-order chi connectivity index (χ1) is 12.9. The van der Waals surface area contributed by atoms with Crippen LogP contribution in [0.25, 0.3) is 0 Å². The second kappa shape index (κ2) is 9.33. The number of methoxy groups -OCH3 is 1. The van der Waals surface area contributed by atoms with Crippen LogP contribution in [-0.2, 0) is 9.59 Å². The summed E-state index contributed by atoms with van der Waals surface area (Å²) in [5.41, 5.74) is 0.815. The molecule has 0 bridgehead atoms. The van der Waals surface area contributed by atoms with Crippen molar-refractivity contribution < 1.29 is 23.5 Å². The molecule has 0 radical (unpaired) electrons. The third kappa shape index (κ3) is 6.10. The molecule has 2 aromatic rings. The number of ether oxygens (including phenoxy) is 1. The molecule has 2 N–H and O–H groups in total. The molecule has 0 saturated carbocycles. The molecule has 2 rings (SSSR count). The zero-order valence-electron chi connectivity index (χ0n) is 15.0. The molecule has 0 atom stereocenters. The lowest BCUT2D eigenvalue weighted by Gasteiger charge is -2.17. The van der Waals surface area contributed by atoms with Crippen molar-refractivity contribution >= 4 is 23.4 Å². The van der Waals surface area contributed by atoms with Gasteiger partial charge in [-0.1, -0.05) is 0 Å². The number of carbonyl (C=O) groups excluding carboxylic acids is 3. The van der Waals surface area contributed by atoms with Crippen molar-refractivity contribution in [2.75, 3.05) is 32.6 Å². The molecule has 0 aromatic heterocycles. The predicted molar refractivity (Wildman–Crippen MR) is 98.0 cm³/mol. The molecule has 0 aliphatic carbocycles. The van der Waals surface area contributed by atoms with Crippen LogP contribution in [0, 0.1) is 5.82 Å².